The van der Waals surface area contributed by atoms with Gasteiger partial charge in [-0.1, -0.05) is 13.8 Å². The van der Waals surface area contributed by atoms with Crippen molar-refractivity contribution in [3.8, 4) is 0 Å². The Hall–Kier alpha value is -0.540. The van der Waals surface area contributed by atoms with E-state index in [1.807, 2.05) is 20.1 Å². The van der Waals surface area contributed by atoms with Crippen molar-refractivity contribution in [3.05, 3.63) is 29.6 Å². The zero-order valence-electron chi connectivity index (χ0n) is 8.67. The van der Waals surface area contributed by atoms with Crippen LogP contribution in [-0.4, -0.2) is 18.0 Å². The van der Waals surface area contributed by atoms with Gasteiger partial charge in [0, 0.05) is 10.3 Å². The number of hydrogen-bond donors (Lipinski definition) is 1. The van der Waals surface area contributed by atoms with Crippen LogP contribution in [0.1, 0.15) is 19.4 Å². The molecule has 1 rings (SSSR count). The fraction of sp³-hybridized carbons (Fsp3) is 0.455. The Bertz CT molecular complexity index is 323. The van der Waals surface area contributed by atoms with E-state index in [0.29, 0.717) is 0 Å². The quantitative estimate of drug-likeness (QED) is 0.781. The average molecular weight is 214 g/mol. The summed E-state index contributed by atoms with van der Waals surface area (Å²) in [7, 11) is 0. The molecule has 0 aliphatic rings. The minimum absolute atomic E-state index is 0.0179. The van der Waals surface area contributed by atoms with Crippen LogP contribution in [0.2, 0.25) is 0 Å². The summed E-state index contributed by atoms with van der Waals surface area (Å²) in [6.45, 7) is 3.83. The van der Waals surface area contributed by atoms with Gasteiger partial charge in [-0.05, 0) is 30.0 Å². The first kappa shape index (κ1) is 11.5. The largest absolute Gasteiger partial charge is 0.395 e. The molecule has 0 unspecified atom stereocenters. The van der Waals surface area contributed by atoms with Crippen LogP contribution < -0.4 is 0 Å². The van der Waals surface area contributed by atoms with Gasteiger partial charge in [-0.15, -0.1) is 11.8 Å². The molecule has 0 saturated heterocycles. The van der Waals surface area contributed by atoms with E-state index in [4.69, 9.17) is 0 Å². The second-order valence-corrected chi connectivity index (χ2v) is 4.73. The highest BCUT2D eigenvalue weighted by atomic mass is 32.2. The monoisotopic (exact) mass is 214 g/mol. The standard InChI is InChI=1S/C11H15FOS/c1-11(2,7-13)9-6-8(12)4-5-10(9)14-3/h4-6,13H,7H2,1-3H3. The summed E-state index contributed by atoms with van der Waals surface area (Å²) in [6.07, 6.45) is 1.95. The molecule has 0 heterocycles. The van der Waals surface area contributed by atoms with Crippen molar-refractivity contribution in [1.29, 1.82) is 0 Å². The molecular weight excluding hydrogens is 199 g/mol. The second-order valence-electron chi connectivity index (χ2n) is 3.89. The minimum atomic E-state index is -0.388. The predicted octanol–water partition coefficient (Wildman–Crippen LogP) is 2.82. The summed E-state index contributed by atoms with van der Waals surface area (Å²) in [5, 5.41) is 9.23. The van der Waals surface area contributed by atoms with Crippen LogP contribution in [0.3, 0.4) is 0 Å². The van der Waals surface area contributed by atoms with Crippen molar-refractivity contribution in [2.45, 2.75) is 24.2 Å². The Morgan fingerprint density at radius 1 is 1.43 bits per heavy atom. The summed E-state index contributed by atoms with van der Waals surface area (Å²) in [4.78, 5) is 1.02. The zero-order chi connectivity index (χ0) is 10.8. The average Bonchev–Trinajstić information content (AvgIpc) is 2.18. The molecule has 14 heavy (non-hydrogen) atoms. The maximum absolute atomic E-state index is 13.1. The number of benzene rings is 1. The Morgan fingerprint density at radius 3 is 2.57 bits per heavy atom. The van der Waals surface area contributed by atoms with Gasteiger partial charge in [0.05, 0.1) is 6.61 Å². The molecule has 0 atom stereocenters. The van der Waals surface area contributed by atoms with E-state index in [9.17, 15) is 9.50 Å². The molecule has 0 aromatic heterocycles. The molecule has 0 aliphatic carbocycles. The van der Waals surface area contributed by atoms with E-state index in [-0.39, 0.29) is 17.8 Å². The molecule has 0 aliphatic heterocycles. The summed E-state index contributed by atoms with van der Waals surface area (Å²) in [5.74, 6) is -0.251. The number of thioether (sulfide) groups is 1. The smallest absolute Gasteiger partial charge is 0.123 e. The second kappa shape index (κ2) is 4.32. The van der Waals surface area contributed by atoms with E-state index < -0.39 is 0 Å². The molecular formula is C11H15FOS. The van der Waals surface area contributed by atoms with Gasteiger partial charge in [0.15, 0.2) is 0 Å². The van der Waals surface area contributed by atoms with Gasteiger partial charge in [0.25, 0.3) is 0 Å². The molecule has 1 nitrogen and oxygen atoms in total. The summed E-state index contributed by atoms with van der Waals surface area (Å²) in [5.41, 5.74) is 0.480. The fourth-order valence-electron chi connectivity index (χ4n) is 1.29. The topological polar surface area (TPSA) is 20.2 Å². The molecule has 0 spiro atoms. The Labute approximate surface area is 88.3 Å². The molecule has 3 heteroatoms. The molecule has 0 radical (unpaired) electrons. The SMILES string of the molecule is CSc1ccc(F)cc1C(C)(C)CO. The molecule has 0 fully saturated rings. The van der Waals surface area contributed by atoms with Gasteiger partial charge >= 0.3 is 0 Å². The third kappa shape index (κ3) is 2.28. The van der Waals surface area contributed by atoms with E-state index in [2.05, 4.69) is 0 Å². The van der Waals surface area contributed by atoms with Crippen LogP contribution in [0.4, 0.5) is 4.39 Å². The first-order valence-electron chi connectivity index (χ1n) is 4.46. The molecule has 0 bridgehead atoms. The fourth-order valence-corrected chi connectivity index (χ4v) is 2.05. The lowest BCUT2D eigenvalue weighted by molar-refractivity contribution is 0.216. The van der Waals surface area contributed by atoms with Gasteiger partial charge in [-0.25, -0.2) is 4.39 Å². The molecule has 78 valence electrons. The third-order valence-corrected chi connectivity index (χ3v) is 3.08. The first-order chi connectivity index (χ1) is 6.51. The van der Waals surface area contributed by atoms with Gasteiger partial charge < -0.3 is 5.11 Å². The molecule has 1 N–H and O–H groups in total. The summed E-state index contributed by atoms with van der Waals surface area (Å²) >= 11 is 1.57. The van der Waals surface area contributed by atoms with E-state index in [0.717, 1.165) is 10.5 Å². The lowest BCUT2D eigenvalue weighted by Crippen LogP contribution is -2.23. The van der Waals surface area contributed by atoms with Crippen LogP contribution in [0, 0.1) is 5.82 Å². The summed E-state index contributed by atoms with van der Waals surface area (Å²) in [6, 6.07) is 4.71. The first-order valence-corrected chi connectivity index (χ1v) is 5.68. The van der Waals surface area contributed by atoms with Crippen molar-refractivity contribution in [1.82, 2.24) is 0 Å². The number of halogens is 1. The molecule has 0 amide bonds. The van der Waals surface area contributed by atoms with Crippen molar-refractivity contribution in [2.75, 3.05) is 12.9 Å². The van der Waals surface area contributed by atoms with Gasteiger partial charge in [-0.3, -0.25) is 0 Å². The van der Waals surface area contributed by atoms with Crippen LogP contribution in [0.15, 0.2) is 23.1 Å². The van der Waals surface area contributed by atoms with Crippen LogP contribution in [0.5, 0.6) is 0 Å². The number of rotatable bonds is 3. The van der Waals surface area contributed by atoms with Crippen LogP contribution in [0.25, 0.3) is 0 Å². The normalized spacial score (nSPS) is 11.8. The maximum Gasteiger partial charge on any atom is 0.123 e. The Balaban J connectivity index is 3.23. The minimum Gasteiger partial charge on any atom is -0.395 e. The van der Waals surface area contributed by atoms with Crippen LogP contribution in [-0.2, 0) is 5.41 Å². The van der Waals surface area contributed by atoms with E-state index >= 15 is 0 Å². The van der Waals surface area contributed by atoms with Crippen molar-refractivity contribution in [2.24, 2.45) is 0 Å². The van der Waals surface area contributed by atoms with Crippen molar-refractivity contribution in [3.63, 3.8) is 0 Å². The van der Waals surface area contributed by atoms with Gasteiger partial charge in [0.2, 0.25) is 0 Å². The van der Waals surface area contributed by atoms with Crippen molar-refractivity contribution >= 4 is 11.8 Å². The van der Waals surface area contributed by atoms with E-state index in [1.54, 1.807) is 17.8 Å². The summed E-state index contributed by atoms with van der Waals surface area (Å²) < 4.78 is 13.1. The maximum atomic E-state index is 13.1. The number of aliphatic hydroxyl groups is 1. The Kier molecular flexibility index (Phi) is 3.56. The number of hydrogen-bond acceptors (Lipinski definition) is 2. The zero-order valence-corrected chi connectivity index (χ0v) is 9.49. The Morgan fingerprint density at radius 2 is 2.07 bits per heavy atom. The molecule has 0 saturated carbocycles. The van der Waals surface area contributed by atoms with Gasteiger partial charge in [-0.2, -0.15) is 0 Å². The van der Waals surface area contributed by atoms with Crippen molar-refractivity contribution < 1.29 is 9.50 Å². The highest BCUT2D eigenvalue weighted by molar-refractivity contribution is 7.98. The van der Waals surface area contributed by atoms with Crippen LogP contribution >= 0.6 is 11.8 Å². The highest BCUT2D eigenvalue weighted by Gasteiger charge is 2.22. The van der Waals surface area contributed by atoms with Gasteiger partial charge in [0.1, 0.15) is 5.82 Å². The lowest BCUT2D eigenvalue weighted by Gasteiger charge is -2.24. The molecule has 1 aromatic carbocycles. The highest BCUT2D eigenvalue weighted by Crippen LogP contribution is 2.31. The third-order valence-electron chi connectivity index (χ3n) is 2.29. The lowest BCUT2D eigenvalue weighted by atomic mass is 9.85. The predicted molar refractivity (Wildman–Crippen MR) is 58.3 cm³/mol. The van der Waals surface area contributed by atoms with E-state index in [1.165, 1.54) is 12.1 Å². The molecule has 1 aromatic rings. The number of aliphatic hydroxyl groups excluding tert-OH is 1.